The Hall–Kier alpha value is -2.53. The van der Waals surface area contributed by atoms with Gasteiger partial charge in [0.2, 0.25) is 0 Å². The third kappa shape index (κ3) is 3.27. The molecule has 2 heteroatoms. The van der Waals surface area contributed by atoms with E-state index in [1.165, 1.54) is 5.56 Å². The van der Waals surface area contributed by atoms with Crippen molar-refractivity contribution in [2.24, 2.45) is 0 Å². The Bertz CT molecular complexity index is 648. The van der Waals surface area contributed by atoms with Crippen molar-refractivity contribution in [2.75, 3.05) is 5.32 Å². The van der Waals surface area contributed by atoms with Crippen LogP contribution in [0.5, 0.6) is 0 Å². The topological polar surface area (TPSA) is 29.1 Å². The molecule has 0 unspecified atom stereocenters. The molecule has 1 amide bonds. The molecule has 0 aliphatic carbocycles. The Morgan fingerprint density at radius 1 is 1.15 bits per heavy atom. The first-order valence-electron chi connectivity index (χ1n) is 6.58. The van der Waals surface area contributed by atoms with Crippen molar-refractivity contribution in [1.29, 1.82) is 0 Å². The Morgan fingerprint density at radius 3 is 2.45 bits per heavy atom. The first-order valence-corrected chi connectivity index (χ1v) is 6.58. The molecule has 0 fully saturated rings. The predicted octanol–water partition coefficient (Wildman–Crippen LogP) is 4.04. The molecule has 0 aliphatic rings. The smallest absolute Gasteiger partial charge is 0.255 e. The molecule has 2 nitrogen and oxygen atoms in total. The lowest BCUT2D eigenvalue weighted by atomic mass is 10.0. The van der Waals surface area contributed by atoms with Gasteiger partial charge in [-0.25, -0.2) is 0 Å². The van der Waals surface area contributed by atoms with Crippen LogP contribution >= 0.6 is 0 Å². The number of hydrogen-bond acceptors (Lipinski definition) is 1. The van der Waals surface area contributed by atoms with Crippen molar-refractivity contribution in [2.45, 2.75) is 19.8 Å². The first kappa shape index (κ1) is 13.9. The van der Waals surface area contributed by atoms with E-state index in [4.69, 9.17) is 6.42 Å². The monoisotopic (exact) mass is 263 g/mol. The van der Waals surface area contributed by atoms with Gasteiger partial charge in [-0.15, -0.1) is 6.42 Å². The van der Waals surface area contributed by atoms with E-state index < -0.39 is 0 Å². The van der Waals surface area contributed by atoms with Gasteiger partial charge in [-0.1, -0.05) is 38.0 Å². The lowest BCUT2D eigenvalue weighted by Gasteiger charge is -2.08. The van der Waals surface area contributed by atoms with Crippen molar-refractivity contribution in [3.8, 4) is 12.3 Å². The van der Waals surface area contributed by atoms with Gasteiger partial charge in [0.15, 0.2) is 0 Å². The number of amides is 1. The summed E-state index contributed by atoms with van der Waals surface area (Å²) in [5.41, 5.74) is 3.31. The van der Waals surface area contributed by atoms with Crippen LogP contribution in [0.25, 0.3) is 0 Å². The molecule has 20 heavy (non-hydrogen) atoms. The summed E-state index contributed by atoms with van der Waals surface area (Å²) in [6, 6.07) is 14.9. The normalized spacial score (nSPS) is 10.1. The molecule has 0 radical (unpaired) electrons. The minimum atomic E-state index is -0.130. The van der Waals surface area contributed by atoms with Crippen LogP contribution in [0.3, 0.4) is 0 Å². The first-order chi connectivity index (χ1) is 9.60. The van der Waals surface area contributed by atoms with E-state index in [9.17, 15) is 4.79 Å². The van der Waals surface area contributed by atoms with E-state index in [0.29, 0.717) is 17.2 Å². The van der Waals surface area contributed by atoms with Gasteiger partial charge in [0.05, 0.1) is 0 Å². The summed E-state index contributed by atoms with van der Waals surface area (Å²) in [7, 11) is 0. The largest absolute Gasteiger partial charge is 0.322 e. The zero-order valence-corrected chi connectivity index (χ0v) is 11.7. The second-order valence-electron chi connectivity index (χ2n) is 4.96. The number of carbonyl (C=O) groups excluding carboxylic acids is 1. The predicted molar refractivity (Wildman–Crippen MR) is 82.9 cm³/mol. The molecule has 0 heterocycles. The number of rotatable bonds is 3. The third-order valence-corrected chi connectivity index (χ3v) is 3.13. The average molecular weight is 263 g/mol. The van der Waals surface area contributed by atoms with Crippen LogP contribution in [0, 0.1) is 12.3 Å². The number of carbonyl (C=O) groups is 1. The molecule has 2 aromatic rings. The number of terminal acetylenes is 1. The lowest BCUT2D eigenvalue weighted by Crippen LogP contribution is -2.11. The summed E-state index contributed by atoms with van der Waals surface area (Å²) in [5, 5.41) is 2.85. The second-order valence-corrected chi connectivity index (χ2v) is 4.96. The molecule has 0 atom stereocenters. The molecule has 0 saturated carbocycles. The van der Waals surface area contributed by atoms with Gasteiger partial charge in [-0.3, -0.25) is 4.79 Å². The summed E-state index contributed by atoms with van der Waals surface area (Å²) in [4.78, 5) is 12.1. The highest BCUT2D eigenvalue weighted by Gasteiger charge is 2.07. The number of hydrogen-bond donors (Lipinski definition) is 1. The molecule has 0 bridgehead atoms. The molecular formula is C18H17NO. The molecule has 0 saturated heterocycles. The van der Waals surface area contributed by atoms with Crippen LogP contribution in [-0.2, 0) is 0 Å². The highest BCUT2D eigenvalue weighted by atomic mass is 16.1. The van der Waals surface area contributed by atoms with Gasteiger partial charge in [-0.05, 0) is 41.8 Å². The summed E-state index contributed by atoms with van der Waals surface area (Å²) in [5.74, 6) is 2.88. The van der Waals surface area contributed by atoms with E-state index in [1.807, 2.05) is 42.5 Å². The Morgan fingerprint density at radius 2 is 1.85 bits per heavy atom. The van der Waals surface area contributed by atoms with E-state index in [-0.39, 0.29) is 5.91 Å². The Balaban J connectivity index is 2.13. The molecule has 0 aliphatic heterocycles. The zero-order chi connectivity index (χ0) is 14.5. The fraction of sp³-hybridized carbons (Fsp3) is 0.167. The van der Waals surface area contributed by atoms with Gasteiger partial charge >= 0.3 is 0 Å². The highest BCUT2D eigenvalue weighted by molar-refractivity contribution is 6.04. The Labute approximate surface area is 119 Å². The fourth-order valence-corrected chi connectivity index (χ4v) is 1.91. The third-order valence-electron chi connectivity index (χ3n) is 3.13. The summed E-state index contributed by atoms with van der Waals surface area (Å²) >= 11 is 0. The molecule has 2 aromatic carbocycles. The molecule has 2 rings (SSSR count). The molecule has 0 aromatic heterocycles. The standard InChI is InChI=1S/C18H17NO/c1-4-14-6-5-7-17(12-14)19-18(20)16-10-8-15(9-11-16)13(2)3/h1,5-13H,2-3H3,(H,19,20). The molecule has 0 spiro atoms. The minimum Gasteiger partial charge on any atom is -0.322 e. The fourth-order valence-electron chi connectivity index (χ4n) is 1.91. The molecular weight excluding hydrogens is 246 g/mol. The van der Waals surface area contributed by atoms with Crippen molar-refractivity contribution >= 4 is 11.6 Å². The van der Waals surface area contributed by atoms with Crippen LogP contribution in [-0.4, -0.2) is 5.91 Å². The minimum absolute atomic E-state index is 0.130. The van der Waals surface area contributed by atoms with Crippen molar-refractivity contribution in [3.05, 3.63) is 65.2 Å². The number of anilines is 1. The SMILES string of the molecule is C#Cc1cccc(NC(=O)c2ccc(C(C)C)cc2)c1. The van der Waals surface area contributed by atoms with Crippen molar-refractivity contribution in [3.63, 3.8) is 0 Å². The zero-order valence-electron chi connectivity index (χ0n) is 11.7. The lowest BCUT2D eigenvalue weighted by molar-refractivity contribution is 0.102. The van der Waals surface area contributed by atoms with E-state index in [1.54, 1.807) is 6.07 Å². The second kappa shape index (κ2) is 6.08. The van der Waals surface area contributed by atoms with Crippen molar-refractivity contribution in [1.82, 2.24) is 0 Å². The van der Waals surface area contributed by atoms with Crippen LogP contribution in [0.4, 0.5) is 5.69 Å². The summed E-state index contributed by atoms with van der Waals surface area (Å²) in [6.07, 6.45) is 5.34. The van der Waals surface area contributed by atoms with Crippen LogP contribution in [0.15, 0.2) is 48.5 Å². The van der Waals surface area contributed by atoms with Crippen molar-refractivity contribution < 1.29 is 4.79 Å². The van der Waals surface area contributed by atoms with Gasteiger partial charge < -0.3 is 5.32 Å². The summed E-state index contributed by atoms with van der Waals surface area (Å²) < 4.78 is 0. The quantitative estimate of drug-likeness (QED) is 0.832. The van der Waals surface area contributed by atoms with Gasteiger partial charge in [0.25, 0.3) is 5.91 Å². The summed E-state index contributed by atoms with van der Waals surface area (Å²) in [6.45, 7) is 4.25. The van der Waals surface area contributed by atoms with E-state index in [0.717, 1.165) is 5.56 Å². The number of benzene rings is 2. The average Bonchev–Trinajstić information content (AvgIpc) is 2.47. The van der Waals surface area contributed by atoms with Gasteiger partial charge in [0.1, 0.15) is 0 Å². The maximum absolute atomic E-state index is 12.1. The molecule has 1 N–H and O–H groups in total. The van der Waals surface area contributed by atoms with Crippen LogP contribution in [0.1, 0.15) is 41.3 Å². The van der Waals surface area contributed by atoms with Gasteiger partial charge in [-0.2, -0.15) is 0 Å². The highest BCUT2D eigenvalue weighted by Crippen LogP contribution is 2.16. The van der Waals surface area contributed by atoms with Crippen LogP contribution in [0.2, 0.25) is 0 Å². The van der Waals surface area contributed by atoms with E-state index in [2.05, 4.69) is 25.1 Å². The van der Waals surface area contributed by atoms with Gasteiger partial charge in [0, 0.05) is 16.8 Å². The Kier molecular flexibility index (Phi) is 4.22. The van der Waals surface area contributed by atoms with E-state index >= 15 is 0 Å². The number of nitrogens with one attached hydrogen (secondary N) is 1. The maximum atomic E-state index is 12.1. The molecule has 100 valence electrons. The van der Waals surface area contributed by atoms with Crippen LogP contribution < -0.4 is 5.32 Å². The maximum Gasteiger partial charge on any atom is 0.255 e.